The molecule has 0 aromatic heterocycles. The molecule has 70 valence electrons. The number of carbonyl (C=O) groups is 1. The Hall–Kier alpha value is -0.960. The van der Waals surface area contributed by atoms with Crippen LogP contribution in [0.1, 0.15) is 15.9 Å². The first kappa shape index (κ1) is 10.1. The Bertz CT molecular complexity index is 334. The second kappa shape index (κ2) is 3.83. The minimum Gasteiger partial charge on any atom is -0.345 e. The molecule has 0 fully saturated rings. The zero-order chi connectivity index (χ0) is 10.0. The first-order valence-electron chi connectivity index (χ1n) is 4.03. The molecule has 13 heavy (non-hydrogen) atoms. The van der Waals surface area contributed by atoms with Crippen molar-refractivity contribution in [2.75, 3.05) is 14.1 Å². The summed E-state index contributed by atoms with van der Waals surface area (Å²) in [5.41, 5.74) is 1.70. The molecule has 1 rings (SSSR count). The maximum Gasteiger partial charge on any atom is 0.253 e. The molecule has 0 atom stereocenters. The lowest BCUT2D eigenvalue weighted by Gasteiger charge is -2.12. The molecule has 0 saturated carbocycles. The summed E-state index contributed by atoms with van der Waals surface area (Å²) in [7, 11) is 3.49. The maximum atomic E-state index is 11.6. The lowest BCUT2D eigenvalue weighted by molar-refractivity contribution is 0.0826. The van der Waals surface area contributed by atoms with Gasteiger partial charge in [-0.2, -0.15) is 0 Å². The lowest BCUT2D eigenvalue weighted by Crippen LogP contribution is -2.22. The molecular formula is C10H13NOS. The molecule has 0 bridgehead atoms. The molecule has 0 saturated heterocycles. The Balaban J connectivity index is 3.13. The standard InChI is InChI=1S/C10H13NOS/c1-7-4-5-8(13)6-9(7)10(12)11(2)3/h4-6,13H,1-3H3. The third kappa shape index (κ3) is 2.25. The van der Waals surface area contributed by atoms with Crippen molar-refractivity contribution in [3.05, 3.63) is 29.3 Å². The number of amides is 1. The van der Waals surface area contributed by atoms with Gasteiger partial charge in [0.25, 0.3) is 5.91 Å². The van der Waals surface area contributed by atoms with Crippen LogP contribution in [0.15, 0.2) is 23.1 Å². The van der Waals surface area contributed by atoms with Crippen molar-refractivity contribution < 1.29 is 4.79 Å². The maximum absolute atomic E-state index is 11.6. The van der Waals surface area contributed by atoms with Crippen LogP contribution >= 0.6 is 12.6 Å². The Morgan fingerprint density at radius 1 is 1.38 bits per heavy atom. The van der Waals surface area contributed by atoms with Gasteiger partial charge in [-0.1, -0.05) is 6.07 Å². The van der Waals surface area contributed by atoms with Crippen LogP contribution in [-0.2, 0) is 0 Å². The zero-order valence-corrected chi connectivity index (χ0v) is 8.93. The van der Waals surface area contributed by atoms with Gasteiger partial charge in [-0.05, 0) is 24.6 Å². The number of hydrogen-bond donors (Lipinski definition) is 1. The average molecular weight is 195 g/mol. The summed E-state index contributed by atoms with van der Waals surface area (Å²) in [4.78, 5) is 14.0. The molecule has 0 unspecified atom stereocenters. The summed E-state index contributed by atoms with van der Waals surface area (Å²) in [6.07, 6.45) is 0. The van der Waals surface area contributed by atoms with Crippen molar-refractivity contribution in [2.45, 2.75) is 11.8 Å². The third-order valence-corrected chi connectivity index (χ3v) is 2.14. The van der Waals surface area contributed by atoms with Crippen LogP contribution in [0.2, 0.25) is 0 Å². The molecule has 0 aliphatic heterocycles. The summed E-state index contributed by atoms with van der Waals surface area (Å²) >= 11 is 4.19. The molecule has 0 aliphatic rings. The number of carbonyl (C=O) groups excluding carboxylic acids is 1. The van der Waals surface area contributed by atoms with Crippen LogP contribution in [0, 0.1) is 6.92 Å². The molecule has 1 amide bonds. The SMILES string of the molecule is Cc1ccc(S)cc1C(=O)N(C)C. The predicted octanol–water partition coefficient (Wildman–Crippen LogP) is 1.99. The van der Waals surface area contributed by atoms with Crippen molar-refractivity contribution >= 4 is 18.5 Å². The summed E-state index contributed by atoms with van der Waals surface area (Å²) in [5.74, 6) is 0.0217. The van der Waals surface area contributed by atoms with E-state index in [0.717, 1.165) is 16.0 Å². The largest absolute Gasteiger partial charge is 0.345 e. The van der Waals surface area contributed by atoms with E-state index in [-0.39, 0.29) is 5.91 Å². The summed E-state index contributed by atoms with van der Waals surface area (Å²) in [6, 6.07) is 5.57. The monoisotopic (exact) mass is 195 g/mol. The number of nitrogens with zero attached hydrogens (tertiary/aromatic N) is 1. The van der Waals surface area contributed by atoms with Crippen LogP contribution in [0.3, 0.4) is 0 Å². The Morgan fingerprint density at radius 3 is 2.54 bits per heavy atom. The van der Waals surface area contributed by atoms with E-state index in [1.165, 1.54) is 0 Å². The Labute approximate surface area is 84.0 Å². The van der Waals surface area contributed by atoms with Crippen molar-refractivity contribution in [1.29, 1.82) is 0 Å². The van der Waals surface area contributed by atoms with Crippen LogP contribution in [-0.4, -0.2) is 24.9 Å². The van der Waals surface area contributed by atoms with Gasteiger partial charge in [-0.15, -0.1) is 12.6 Å². The Kier molecular flexibility index (Phi) is 2.98. The average Bonchev–Trinajstić information content (AvgIpc) is 2.08. The zero-order valence-electron chi connectivity index (χ0n) is 8.03. The highest BCUT2D eigenvalue weighted by atomic mass is 32.1. The number of rotatable bonds is 1. The first-order valence-corrected chi connectivity index (χ1v) is 4.48. The van der Waals surface area contributed by atoms with Crippen molar-refractivity contribution in [2.24, 2.45) is 0 Å². The van der Waals surface area contributed by atoms with E-state index >= 15 is 0 Å². The number of thiol groups is 1. The minimum absolute atomic E-state index is 0.0217. The third-order valence-electron chi connectivity index (χ3n) is 1.86. The van der Waals surface area contributed by atoms with E-state index in [2.05, 4.69) is 12.6 Å². The highest BCUT2D eigenvalue weighted by Gasteiger charge is 2.10. The van der Waals surface area contributed by atoms with E-state index in [9.17, 15) is 4.79 Å². The normalized spacial score (nSPS) is 9.85. The predicted molar refractivity (Wildman–Crippen MR) is 56.4 cm³/mol. The molecule has 2 nitrogen and oxygen atoms in total. The van der Waals surface area contributed by atoms with Crippen LogP contribution in [0.5, 0.6) is 0 Å². The molecular weight excluding hydrogens is 182 g/mol. The minimum atomic E-state index is 0.0217. The lowest BCUT2D eigenvalue weighted by atomic mass is 10.1. The topological polar surface area (TPSA) is 20.3 Å². The van der Waals surface area contributed by atoms with Gasteiger partial charge in [0.1, 0.15) is 0 Å². The first-order chi connectivity index (χ1) is 6.02. The molecule has 0 heterocycles. The van der Waals surface area contributed by atoms with Gasteiger partial charge in [-0.3, -0.25) is 4.79 Å². The molecule has 0 spiro atoms. The van der Waals surface area contributed by atoms with Gasteiger partial charge < -0.3 is 4.90 Å². The van der Waals surface area contributed by atoms with Crippen LogP contribution in [0.25, 0.3) is 0 Å². The van der Waals surface area contributed by atoms with E-state index < -0.39 is 0 Å². The van der Waals surface area contributed by atoms with Gasteiger partial charge in [0.15, 0.2) is 0 Å². The van der Waals surface area contributed by atoms with Gasteiger partial charge in [0, 0.05) is 24.6 Å². The fourth-order valence-corrected chi connectivity index (χ4v) is 1.28. The fraction of sp³-hybridized carbons (Fsp3) is 0.300. The highest BCUT2D eigenvalue weighted by Crippen LogP contribution is 2.14. The smallest absolute Gasteiger partial charge is 0.253 e. The molecule has 0 aliphatic carbocycles. The molecule has 3 heteroatoms. The van der Waals surface area contributed by atoms with Crippen molar-refractivity contribution in [3.63, 3.8) is 0 Å². The summed E-state index contributed by atoms with van der Waals surface area (Å²) in [6.45, 7) is 1.92. The van der Waals surface area contributed by atoms with Gasteiger partial charge in [0.2, 0.25) is 0 Å². The van der Waals surface area contributed by atoms with Crippen LogP contribution < -0.4 is 0 Å². The fourth-order valence-electron chi connectivity index (χ4n) is 1.08. The second-order valence-corrected chi connectivity index (χ2v) is 3.72. The van der Waals surface area contributed by atoms with Crippen LogP contribution in [0.4, 0.5) is 0 Å². The van der Waals surface area contributed by atoms with E-state index in [1.54, 1.807) is 25.1 Å². The van der Waals surface area contributed by atoms with Crippen molar-refractivity contribution in [1.82, 2.24) is 4.90 Å². The van der Waals surface area contributed by atoms with E-state index in [4.69, 9.17) is 0 Å². The molecule has 1 aromatic carbocycles. The Morgan fingerprint density at radius 2 is 2.00 bits per heavy atom. The highest BCUT2D eigenvalue weighted by molar-refractivity contribution is 7.80. The van der Waals surface area contributed by atoms with E-state index in [1.807, 2.05) is 19.1 Å². The van der Waals surface area contributed by atoms with Gasteiger partial charge in [0.05, 0.1) is 0 Å². The number of hydrogen-bond acceptors (Lipinski definition) is 2. The number of aryl methyl sites for hydroxylation is 1. The van der Waals surface area contributed by atoms with E-state index in [0.29, 0.717) is 0 Å². The quantitative estimate of drug-likeness (QED) is 0.679. The summed E-state index contributed by atoms with van der Waals surface area (Å²) in [5, 5.41) is 0. The van der Waals surface area contributed by atoms with Gasteiger partial charge in [-0.25, -0.2) is 0 Å². The molecule has 0 N–H and O–H groups in total. The second-order valence-electron chi connectivity index (χ2n) is 3.20. The summed E-state index contributed by atoms with van der Waals surface area (Å²) < 4.78 is 0. The number of benzene rings is 1. The van der Waals surface area contributed by atoms with Gasteiger partial charge >= 0.3 is 0 Å². The molecule has 0 radical (unpaired) electrons. The van der Waals surface area contributed by atoms with Crippen molar-refractivity contribution in [3.8, 4) is 0 Å². The molecule has 1 aromatic rings.